The molecule has 8 aromatic heterocycles. The SMILES string of the molecule is C1COCCN1.C=C(c1c(C)c(C(=O)OC(C)C)cc2cc(-c3cc(OC)ccc3F)cn12)N1CCOCC1.CC(=O)O.CCOC(=O)c1cc2cc(-c3cc(OC)ccc3F)cn2c(C(C)=O)c1C.CCOC(=O)c1cc2cc(Br)cn2c(C(C)=O)c1C.COc1ccc(F)c(-c2cc3cc(C(=O)OC(C)C)c(C)c(C(C)N4CCOCC4)n3c2)c1.COc1ccc(F)c(B(O)O)c1.[B].[H-].[Na+].[Na+].[OH-]. The fraction of sp³-hybridized carbons (Fsp3) is 0.350. The van der Waals surface area contributed by atoms with E-state index in [0.29, 0.717) is 147 Å². The smallest absolute Gasteiger partial charge is 1.00 e. The summed E-state index contributed by atoms with van der Waals surface area (Å²) in [6, 6.07) is 32.0. The maximum Gasteiger partial charge on any atom is 1.00 e. The van der Waals surface area contributed by atoms with E-state index in [2.05, 4.69) is 48.9 Å². The van der Waals surface area contributed by atoms with Crippen LogP contribution in [-0.4, -0.2) is 238 Å². The van der Waals surface area contributed by atoms with Crippen LogP contribution in [0.5, 0.6) is 23.0 Å². The van der Waals surface area contributed by atoms with Crippen LogP contribution >= 0.6 is 15.9 Å². The summed E-state index contributed by atoms with van der Waals surface area (Å²) in [6.07, 6.45) is 6.84. The Hall–Kier alpha value is -10.6. The number of methoxy groups -OCH3 is 4. The molecule has 12 aromatic rings. The number of nitrogens with one attached hydrogen (secondary N) is 1. The molecule has 727 valence electrons. The van der Waals surface area contributed by atoms with Gasteiger partial charge in [0.25, 0.3) is 5.97 Å². The number of hydrogen-bond acceptors (Lipinski definition) is 24. The van der Waals surface area contributed by atoms with Gasteiger partial charge >= 0.3 is 90.1 Å². The van der Waals surface area contributed by atoms with E-state index in [-0.39, 0.29) is 134 Å². The molecule has 29 nitrogen and oxygen atoms in total. The molecule has 0 bridgehead atoms. The first-order chi connectivity index (χ1) is 63.8. The van der Waals surface area contributed by atoms with Crippen molar-refractivity contribution in [3.05, 3.63) is 248 Å². The maximum absolute atomic E-state index is 14.7. The van der Waals surface area contributed by atoms with E-state index >= 15 is 0 Å². The van der Waals surface area contributed by atoms with E-state index in [4.69, 9.17) is 72.1 Å². The number of hydrogen-bond donors (Lipinski definition) is 4. The van der Waals surface area contributed by atoms with Gasteiger partial charge in [0.1, 0.15) is 46.3 Å². The van der Waals surface area contributed by atoms with E-state index in [1.807, 2.05) is 88.8 Å². The molecule has 3 radical (unpaired) electrons. The molecule has 5 N–H and O–H groups in total. The van der Waals surface area contributed by atoms with E-state index in [1.165, 1.54) is 58.4 Å². The molecule has 0 amide bonds. The fourth-order valence-corrected chi connectivity index (χ4v) is 15.9. The number of aliphatic carboxylic acids is 1. The molecule has 0 spiro atoms. The number of benzene rings is 4. The van der Waals surface area contributed by atoms with Crippen LogP contribution in [0.2, 0.25) is 0 Å². The zero-order valence-electron chi connectivity index (χ0n) is 82.6. The van der Waals surface area contributed by atoms with Gasteiger partial charge in [0.15, 0.2) is 11.6 Å². The largest absolute Gasteiger partial charge is 1.00 e. The third-order valence-electron chi connectivity index (χ3n) is 21.8. The quantitative estimate of drug-likeness (QED) is 0.0161. The van der Waals surface area contributed by atoms with Gasteiger partial charge in [-0.15, -0.1) is 0 Å². The van der Waals surface area contributed by atoms with Crippen molar-refractivity contribution in [2.24, 2.45) is 0 Å². The van der Waals surface area contributed by atoms with E-state index < -0.39 is 42.6 Å². The zero-order valence-corrected chi connectivity index (χ0v) is 87.1. The van der Waals surface area contributed by atoms with E-state index in [0.717, 1.165) is 107 Å². The summed E-state index contributed by atoms with van der Waals surface area (Å²) in [6.45, 7) is 38.6. The Balaban J connectivity index is 0.000000360. The number of pyridine rings is 4. The predicted molar refractivity (Wildman–Crippen MR) is 516 cm³/mol. The van der Waals surface area contributed by atoms with Crippen LogP contribution in [-0.2, 0) is 38.0 Å². The van der Waals surface area contributed by atoms with Gasteiger partial charge in [0, 0.05) is 170 Å². The molecule has 0 aliphatic carbocycles. The first-order valence-corrected chi connectivity index (χ1v) is 44.2. The van der Waals surface area contributed by atoms with Gasteiger partial charge in [-0.1, -0.05) is 6.58 Å². The fourth-order valence-electron chi connectivity index (χ4n) is 15.4. The minimum absolute atomic E-state index is 0. The van der Waals surface area contributed by atoms with Gasteiger partial charge in [-0.05, 0) is 236 Å². The molecule has 3 aliphatic heterocycles. The van der Waals surface area contributed by atoms with Crippen molar-refractivity contribution < 1.29 is 184 Å². The Morgan fingerprint density at radius 3 is 1.15 bits per heavy atom. The Kier molecular flexibility index (Phi) is 47.3. The van der Waals surface area contributed by atoms with Crippen LogP contribution in [0.25, 0.3) is 61.1 Å². The second-order valence-electron chi connectivity index (χ2n) is 31.7. The number of rotatable bonds is 22. The van der Waals surface area contributed by atoms with Gasteiger partial charge in [-0.3, -0.25) is 19.3 Å². The second kappa shape index (κ2) is 55.4. The Morgan fingerprint density at radius 2 is 0.797 bits per heavy atom. The van der Waals surface area contributed by atoms with E-state index in [1.54, 1.807) is 118 Å². The van der Waals surface area contributed by atoms with Crippen molar-refractivity contribution in [1.29, 1.82) is 0 Å². The maximum atomic E-state index is 14.7. The number of ether oxygens (including phenoxy) is 11. The number of Topliss-reactive ketones (excluding diaryl/α,β-unsaturated/α-hetero) is 2. The molecular weight excluding hydrogens is 1870 g/mol. The molecule has 11 heterocycles. The first-order valence-electron chi connectivity index (χ1n) is 43.4. The molecule has 1 unspecified atom stereocenters. The Bertz CT molecular complexity index is 6240. The third kappa shape index (κ3) is 30.2. The number of halogens is 5. The zero-order chi connectivity index (χ0) is 98.2. The van der Waals surface area contributed by atoms with Crippen molar-refractivity contribution in [3.63, 3.8) is 0 Å². The molecule has 4 aromatic carbocycles. The number of nitrogens with zero attached hydrogens (tertiary/aromatic N) is 6. The number of carbonyl (C=O) groups is 7. The van der Waals surface area contributed by atoms with Crippen molar-refractivity contribution in [2.75, 3.05) is 121 Å². The summed E-state index contributed by atoms with van der Waals surface area (Å²) in [4.78, 5) is 87.7. The first kappa shape index (κ1) is 118. The summed E-state index contributed by atoms with van der Waals surface area (Å²) in [7, 11) is 4.23. The summed E-state index contributed by atoms with van der Waals surface area (Å²) >= 11 is 3.38. The van der Waals surface area contributed by atoms with Gasteiger partial charge in [-0.2, -0.15) is 0 Å². The molecule has 3 fully saturated rings. The van der Waals surface area contributed by atoms with Gasteiger partial charge < -0.3 is 102 Å². The molecular formula is C100H117B2BrF4N7Na2O22. The molecule has 0 saturated carbocycles. The van der Waals surface area contributed by atoms with Gasteiger partial charge in [0.2, 0.25) is 0 Å². The summed E-state index contributed by atoms with van der Waals surface area (Å²) in [5, 5.41) is 27.9. The monoisotopic (exact) mass is 1990 g/mol. The number of esters is 4. The Morgan fingerprint density at radius 1 is 0.471 bits per heavy atom. The molecule has 3 saturated heterocycles. The minimum Gasteiger partial charge on any atom is -1.00 e. The third-order valence-corrected chi connectivity index (χ3v) is 22.2. The van der Waals surface area contributed by atoms with Crippen LogP contribution < -0.4 is 88.8 Å². The number of carboxylic acids is 1. The van der Waals surface area contributed by atoms with Crippen LogP contribution in [0, 0.1) is 51.0 Å². The number of carbonyl (C=O) groups excluding carboxylic acids is 6. The van der Waals surface area contributed by atoms with Crippen LogP contribution in [0.4, 0.5) is 17.6 Å². The second-order valence-corrected chi connectivity index (χ2v) is 32.6. The van der Waals surface area contributed by atoms with Gasteiger partial charge in [0.05, 0.1) is 139 Å². The van der Waals surface area contributed by atoms with Gasteiger partial charge in [-0.25, -0.2) is 36.7 Å². The standard InChI is InChI=1S/C26H31FN2O4.C26H29FN2O4.C21H20FNO4.C14H14BrNO3.C7H8BFO3.C4H9NO.C2H4O2.B.2Na.H2O.H/c2*1-16(2)33-26(30)22-13-20-12-19(23-14-21(31-5)6-7-24(23)27)15-29(20)25(17(22)3)18(4)28-8-10-32-11-9-28;1-5-27-21(25)17-9-15-8-14(11-23(15)20(12(17)2)13(3)24)18-10-16(26-4)6-7-19(18)22;1-4-19-14(18)12-6-11-5-10(15)7-16(11)13(8(12)2)9(3)17;1-12-5-2-3-7(9)6(4-5)8(10)11;1-3-6-4-2-5-1;1-2(3)4;;;;;/h6-7,12-16,18H,8-11H2,1-5H3;6-7,12-16H,4,8-11H2,1-3,5H3;6-11H,5H2,1-4H3;5-7H,4H2,1-3H3;2-4,10-11H,1H3;5H,1-4H2;1H3,(H,3,4);;;;1H2;/q;;;;;;;;2*+1;;-1/p-1. The van der Waals surface area contributed by atoms with Crippen LogP contribution in [0.3, 0.4) is 0 Å². The topological polar surface area (TPSA) is 348 Å². The summed E-state index contributed by atoms with van der Waals surface area (Å²) < 4.78 is 123. The number of fused-ring (bicyclic) bond motifs is 4. The Labute approximate surface area is 856 Å². The van der Waals surface area contributed by atoms with Crippen molar-refractivity contribution >= 4 is 106 Å². The molecule has 15 rings (SSSR count). The number of carboxylic acid groups (broad SMARTS) is 1. The average Bonchev–Trinajstić information content (AvgIpc) is 1.60. The number of morpholine rings is 3. The number of aromatic nitrogens is 4. The molecule has 3 aliphatic rings. The predicted octanol–water partition coefficient (Wildman–Crippen LogP) is 10.6. The number of ketones is 2. The molecule has 38 heteroatoms. The summed E-state index contributed by atoms with van der Waals surface area (Å²) in [5.41, 5.74) is 13.9. The van der Waals surface area contributed by atoms with Crippen molar-refractivity contribution in [1.82, 2.24) is 32.7 Å². The van der Waals surface area contributed by atoms with Crippen LogP contribution in [0.15, 0.2) is 157 Å². The molecule has 138 heavy (non-hydrogen) atoms. The van der Waals surface area contributed by atoms with Crippen LogP contribution in [0.1, 0.15) is 173 Å². The molecule has 1 atom stereocenters. The average molecular weight is 1990 g/mol. The van der Waals surface area contributed by atoms with E-state index in [9.17, 15) is 46.3 Å². The van der Waals surface area contributed by atoms with Crippen molar-refractivity contribution in [3.8, 4) is 56.4 Å². The minimum atomic E-state index is -1.81. The summed E-state index contributed by atoms with van der Waals surface area (Å²) in [5.74, 6) is -2.43. The van der Waals surface area contributed by atoms with Crippen molar-refractivity contribution in [2.45, 2.75) is 115 Å². The normalized spacial score (nSPS) is 12.8.